The molecule has 147 heavy (non-hydrogen) atoms. The summed E-state index contributed by atoms with van der Waals surface area (Å²) in [6.45, 7) is 0. The fraction of sp³-hybridized carbons (Fsp3) is 0. The Bertz CT molecular complexity index is 10200. The normalized spacial score (nSPS) is 11.7. The summed E-state index contributed by atoms with van der Waals surface area (Å²) in [7, 11) is 0. The van der Waals surface area contributed by atoms with Crippen LogP contribution < -0.4 is 14.7 Å². The molecule has 0 unspecified atom stereocenters. The lowest BCUT2D eigenvalue weighted by Gasteiger charge is -2.26. The average Bonchev–Trinajstić information content (AvgIpc) is 1.60. The SMILES string of the molecule is c1ccc(-c2cc(-c3ccc(N(c4ccc5c(c4)oc4ccccc45)c4cccc5c4sc4ccccc45)cc3)cc3ccccc23)cc1.c1ccc(-c2cc(-c3ccc(N(c4ccc5oc6ccccc6c5c4)c4cccc5c4sc4ccccc45)cc3)cc3ccccc23)cc1.c1ccc(-c2cc(-c3ccc(N(c4cccc5c4oc4ccccc45)c4cccc5c4sc4ccccc45)cc3)cc3ccccc23)cc1. The maximum absolute atomic E-state index is 6.63. The fourth-order valence-electron chi connectivity index (χ4n) is 22.0. The van der Waals surface area contributed by atoms with Gasteiger partial charge in [-0.15, -0.1) is 34.0 Å². The van der Waals surface area contributed by atoms with Crippen LogP contribution in [0, 0.1) is 0 Å². The lowest BCUT2D eigenvalue weighted by Crippen LogP contribution is -2.10. The van der Waals surface area contributed by atoms with E-state index in [1.807, 2.05) is 64.3 Å². The second kappa shape index (κ2) is 36.5. The fourth-order valence-corrected chi connectivity index (χ4v) is 25.6. The van der Waals surface area contributed by atoms with Crippen LogP contribution in [-0.2, 0) is 0 Å². The van der Waals surface area contributed by atoms with Crippen molar-refractivity contribution in [3.05, 3.63) is 528 Å². The highest BCUT2D eigenvalue weighted by Gasteiger charge is 2.28. The predicted octanol–water partition coefficient (Wildman–Crippen LogP) is 41.7. The quantitative estimate of drug-likeness (QED) is 0.102. The van der Waals surface area contributed by atoms with Gasteiger partial charge in [0.15, 0.2) is 5.58 Å². The summed E-state index contributed by atoms with van der Waals surface area (Å²) in [6, 6.07) is 190. The number of fused-ring (bicyclic) bond motifs is 21. The van der Waals surface area contributed by atoms with Gasteiger partial charge in [0.1, 0.15) is 27.9 Å². The Labute approximate surface area is 859 Å². The molecule has 0 aliphatic carbocycles. The van der Waals surface area contributed by atoms with Crippen molar-refractivity contribution >= 4 is 244 Å². The van der Waals surface area contributed by atoms with Crippen LogP contribution in [0.4, 0.5) is 51.2 Å². The van der Waals surface area contributed by atoms with Crippen LogP contribution in [0.25, 0.3) is 225 Å². The zero-order valence-corrected chi connectivity index (χ0v) is 82.0. The topological polar surface area (TPSA) is 49.1 Å². The first kappa shape index (κ1) is 86.4. The highest BCUT2D eigenvalue weighted by molar-refractivity contribution is 7.27. The van der Waals surface area contributed by atoms with Gasteiger partial charge < -0.3 is 28.0 Å². The molecule has 6 nitrogen and oxygen atoms in total. The van der Waals surface area contributed by atoms with Crippen molar-refractivity contribution in [1.82, 2.24) is 0 Å². The van der Waals surface area contributed by atoms with Crippen LogP contribution in [0.5, 0.6) is 0 Å². The Morgan fingerprint density at radius 3 is 0.850 bits per heavy atom. The largest absolute Gasteiger partial charge is 0.456 e. The van der Waals surface area contributed by atoms with E-state index in [-0.39, 0.29) is 0 Å². The lowest BCUT2D eigenvalue weighted by atomic mass is 9.93. The van der Waals surface area contributed by atoms with Gasteiger partial charge in [0.05, 0.1) is 36.8 Å². The first-order valence-corrected chi connectivity index (χ1v) is 52.2. The summed E-state index contributed by atoms with van der Waals surface area (Å²) < 4.78 is 26.9. The van der Waals surface area contributed by atoms with Gasteiger partial charge in [0, 0.05) is 113 Å². The van der Waals surface area contributed by atoms with Crippen molar-refractivity contribution in [3.63, 3.8) is 0 Å². The Morgan fingerprint density at radius 1 is 0.143 bits per heavy atom. The summed E-state index contributed by atoms with van der Waals surface area (Å²) in [6.07, 6.45) is 0. The Hall–Kier alpha value is -18.5. The number of benzene rings is 24. The van der Waals surface area contributed by atoms with E-state index in [2.05, 4.69) is 512 Å². The number of para-hydroxylation sites is 4. The maximum atomic E-state index is 6.63. The molecular formula is C138H87N3O3S3. The van der Waals surface area contributed by atoms with Crippen LogP contribution in [0.3, 0.4) is 0 Å². The molecule has 0 aliphatic rings. The molecule has 690 valence electrons. The Kier molecular flexibility index (Phi) is 21.4. The molecule has 0 atom stereocenters. The summed E-state index contributed by atoms with van der Waals surface area (Å²) >= 11 is 5.55. The van der Waals surface area contributed by atoms with Crippen LogP contribution in [0.2, 0.25) is 0 Å². The number of hydrogen-bond donors (Lipinski definition) is 0. The summed E-state index contributed by atoms with van der Waals surface area (Å²) in [5.41, 5.74) is 29.8. The van der Waals surface area contributed by atoms with Crippen molar-refractivity contribution in [2.24, 2.45) is 0 Å². The minimum atomic E-state index is 0.882. The molecule has 30 aromatic rings. The van der Waals surface area contributed by atoms with E-state index >= 15 is 0 Å². The van der Waals surface area contributed by atoms with Crippen molar-refractivity contribution in [2.75, 3.05) is 14.7 Å². The maximum Gasteiger partial charge on any atom is 0.159 e. The molecule has 0 saturated heterocycles. The smallest absolute Gasteiger partial charge is 0.159 e. The van der Waals surface area contributed by atoms with E-state index in [0.29, 0.717) is 0 Å². The third-order valence-electron chi connectivity index (χ3n) is 29.0. The second-order valence-corrected chi connectivity index (χ2v) is 40.7. The predicted molar refractivity (Wildman–Crippen MR) is 629 cm³/mol. The molecule has 0 bridgehead atoms. The zero-order chi connectivity index (χ0) is 96.9. The van der Waals surface area contributed by atoms with Crippen molar-refractivity contribution in [3.8, 4) is 66.8 Å². The molecule has 6 heterocycles. The third-order valence-corrected chi connectivity index (χ3v) is 32.6. The lowest BCUT2D eigenvalue weighted by molar-refractivity contribution is 0.668. The van der Waals surface area contributed by atoms with E-state index in [1.165, 1.54) is 160 Å². The summed E-state index contributed by atoms with van der Waals surface area (Å²) in [5.74, 6) is 0. The highest BCUT2D eigenvalue weighted by atomic mass is 32.1. The van der Waals surface area contributed by atoms with E-state index in [1.54, 1.807) is 0 Å². The van der Waals surface area contributed by atoms with E-state index < -0.39 is 0 Å². The zero-order valence-electron chi connectivity index (χ0n) is 79.5. The Morgan fingerprint density at radius 2 is 0.429 bits per heavy atom. The number of hydrogen-bond acceptors (Lipinski definition) is 9. The van der Waals surface area contributed by atoms with Gasteiger partial charge in [0.2, 0.25) is 0 Å². The first-order chi connectivity index (χ1) is 72.9. The van der Waals surface area contributed by atoms with Crippen LogP contribution in [-0.4, -0.2) is 0 Å². The van der Waals surface area contributed by atoms with Gasteiger partial charge in [-0.1, -0.05) is 358 Å². The summed E-state index contributed by atoms with van der Waals surface area (Å²) in [4.78, 5) is 7.16. The Balaban J connectivity index is 0.000000107. The molecule has 0 fully saturated rings. The molecule has 6 aromatic heterocycles. The molecule has 0 aliphatic heterocycles. The minimum absolute atomic E-state index is 0.882. The van der Waals surface area contributed by atoms with Crippen LogP contribution in [0.1, 0.15) is 0 Å². The van der Waals surface area contributed by atoms with Crippen molar-refractivity contribution < 1.29 is 13.3 Å². The van der Waals surface area contributed by atoms with Crippen molar-refractivity contribution in [1.29, 1.82) is 0 Å². The van der Waals surface area contributed by atoms with Crippen molar-refractivity contribution in [2.45, 2.75) is 0 Å². The number of nitrogens with zero attached hydrogens (tertiary/aromatic N) is 3. The monoisotopic (exact) mass is 1930 g/mol. The van der Waals surface area contributed by atoms with Crippen LogP contribution >= 0.6 is 34.0 Å². The van der Waals surface area contributed by atoms with Gasteiger partial charge in [-0.05, 0) is 263 Å². The van der Waals surface area contributed by atoms with Gasteiger partial charge in [0.25, 0.3) is 0 Å². The van der Waals surface area contributed by atoms with Crippen LogP contribution in [0.15, 0.2) is 541 Å². The van der Waals surface area contributed by atoms with E-state index in [9.17, 15) is 0 Å². The minimum Gasteiger partial charge on any atom is -0.456 e. The number of thiophene rings is 3. The van der Waals surface area contributed by atoms with Gasteiger partial charge >= 0.3 is 0 Å². The molecule has 0 radical (unpaired) electrons. The van der Waals surface area contributed by atoms with Gasteiger partial charge in [-0.25, -0.2) is 0 Å². The average molecular weight is 1930 g/mol. The standard InChI is InChI=1S/3C46H29NOS/c1-2-12-31(13-3-1)40-29-33(28-32-14-4-5-15-35(32)40)30-24-26-34(27-25-30)47(41-20-10-18-38-36-16-6-8-22-43(36)48-45(38)41)42-21-11-19-39-37-17-7-9-23-44(37)49-46(39)42;1-2-11-31(12-3-1)41-28-33(27-32-13-4-5-14-36(32)41)30-21-23-34(24-22-30)47(35-25-26-38-37-15-6-8-19-43(37)48-44(38)29-35)42-18-10-17-40-39-16-7-9-20-45(39)49-46(40)42;1-2-11-31(12-3-1)40-28-33(27-32-13-4-5-14-36(32)40)30-21-23-34(24-22-30)47(35-25-26-44-41(29-35)37-15-6-8-19-43(37)48-44)42-18-10-17-39-38-16-7-9-20-45(38)49-46(39)42/h3*1-29H. The van der Waals surface area contributed by atoms with E-state index in [4.69, 9.17) is 13.3 Å². The number of furan rings is 3. The highest BCUT2D eigenvalue weighted by Crippen LogP contribution is 2.53. The molecule has 0 amide bonds. The third kappa shape index (κ3) is 15.5. The molecule has 30 rings (SSSR count). The first-order valence-electron chi connectivity index (χ1n) is 49.8. The summed E-state index contributed by atoms with van der Waals surface area (Å²) in [5, 5.41) is 21.9. The number of anilines is 9. The van der Waals surface area contributed by atoms with E-state index in [0.717, 1.165) is 117 Å². The van der Waals surface area contributed by atoms with Gasteiger partial charge in [-0.2, -0.15) is 0 Å². The molecule has 24 aromatic carbocycles. The molecule has 9 heteroatoms. The molecule has 0 N–H and O–H groups in total. The molecular weight excluding hydrogens is 1840 g/mol. The molecule has 0 saturated carbocycles. The second-order valence-electron chi connectivity index (χ2n) is 37.5. The molecule has 0 spiro atoms. The van der Waals surface area contributed by atoms with Gasteiger partial charge in [-0.3, -0.25) is 0 Å². The number of rotatable bonds is 15.